The largest absolute Gasteiger partial charge is 0.478 e. The van der Waals surface area contributed by atoms with Crippen LogP contribution in [-0.2, 0) is 11.3 Å². The Kier molecular flexibility index (Phi) is 4.81. The maximum Gasteiger partial charge on any atom is 0.213 e. The highest BCUT2D eigenvalue weighted by atomic mass is 16.5. The van der Waals surface area contributed by atoms with E-state index in [1.165, 1.54) is 5.69 Å². The minimum atomic E-state index is 0.468. The molecule has 1 unspecified atom stereocenters. The van der Waals surface area contributed by atoms with Gasteiger partial charge >= 0.3 is 0 Å². The molecule has 1 fully saturated rings. The summed E-state index contributed by atoms with van der Waals surface area (Å²) in [6.07, 6.45) is 7.28. The first-order valence-corrected chi connectivity index (χ1v) is 8.91. The molecule has 0 spiro atoms. The second-order valence-electron chi connectivity index (χ2n) is 6.64. The third kappa shape index (κ3) is 3.47. The average Bonchev–Trinajstić information content (AvgIpc) is 3.12. The number of hydrogen-bond donors (Lipinski definition) is 0. The molecule has 2 aliphatic heterocycles. The van der Waals surface area contributed by atoms with Gasteiger partial charge in [-0.25, -0.2) is 4.98 Å². The summed E-state index contributed by atoms with van der Waals surface area (Å²) in [5.74, 6) is 0.710. The Morgan fingerprint density at radius 3 is 2.92 bits per heavy atom. The summed E-state index contributed by atoms with van der Waals surface area (Å²) >= 11 is 0. The summed E-state index contributed by atoms with van der Waals surface area (Å²) in [4.78, 5) is 6.87. The molecular formula is C19H25N3O2. The molecule has 5 heteroatoms. The highest BCUT2D eigenvalue weighted by Crippen LogP contribution is 2.28. The lowest BCUT2D eigenvalue weighted by Crippen LogP contribution is -2.45. The van der Waals surface area contributed by atoms with Gasteiger partial charge < -0.3 is 14.0 Å². The van der Waals surface area contributed by atoms with Crippen LogP contribution in [0.4, 0.5) is 0 Å². The van der Waals surface area contributed by atoms with E-state index < -0.39 is 0 Å². The highest BCUT2D eigenvalue weighted by Gasteiger charge is 2.29. The summed E-state index contributed by atoms with van der Waals surface area (Å²) in [6, 6.07) is 11.3. The van der Waals surface area contributed by atoms with Crippen molar-refractivity contribution < 1.29 is 9.47 Å². The molecule has 2 aromatic heterocycles. The molecule has 0 aliphatic carbocycles. The Balaban J connectivity index is 1.39. The molecule has 0 saturated carbocycles. The van der Waals surface area contributed by atoms with Crippen LogP contribution in [0.5, 0.6) is 5.88 Å². The molecule has 1 saturated heterocycles. The van der Waals surface area contributed by atoms with Gasteiger partial charge in [0.15, 0.2) is 0 Å². The first-order chi connectivity index (χ1) is 11.9. The predicted octanol–water partition coefficient (Wildman–Crippen LogP) is 2.89. The quantitative estimate of drug-likeness (QED) is 0.846. The van der Waals surface area contributed by atoms with Crippen molar-refractivity contribution in [2.24, 2.45) is 0 Å². The van der Waals surface area contributed by atoms with Crippen LogP contribution in [-0.4, -0.2) is 46.9 Å². The van der Waals surface area contributed by atoms with Gasteiger partial charge in [0.25, 0.3) is 0 Å². The van der Waals surface area contributed by atoms with Crippen molar-refractivity contribution in [1.29, 1.82) is 0 Å². The van der Waals surface area contributed by atoms with Crippen LogP contribution in [0.2, 0.25) is 0 Å². The van der Waals surface area contributed by atoms with Gasteiger partial charge in [-0.3, -0.25) is 4.90 Å². The average molecular weight is 327 g/mol. The summed E-state index contributed by atoms with van der Waals surface area (Å²) in [5.41, 5.74) is 1.41. The van der Waals surface area contributed by atoms with E-state index in [2.05, 4.69) is 32.8 Å². The van der Waals surface area contributed by atoms with E-state index in [0.29, 0.717) is 24.6 Å². The molecule has 128 valence electrons. The molecule has 24 heavy (non-hydrogen) atoms. The van der Waals surface area contributed by atoms with Gasteiger partial charge in [-0.15, -0.1) is 0 Å². The zero-order chi connectivity index (χ0) is 16.2. The predicted molar refractivity (Wildman–Crippen MR) is 92.1 cm³/mol. The van der Waals surface area contributed by atoms with Crippen LogP contribution in [0, 0.1) is 0 Å². The molecule has 0 N–H and O–H groups in total. The molecule has 4 rings (SSSR count). The Morgan fingerprint density at radius 1 is 1.17 bits per heavy atom. The molecule has 0 aromatic carbocycles. The van der Waals surface area contributed by atoms with E-state index >= 15 is 0 Å². The van der Waals surface area contributed by atoms with Crippen LogP contribution in [0.15, 0.2) is 42.7 Å². The van der Waals surface area contributed by atoms with E-state index in [0.717, 1.165) is 45.6 Å². The second kappa shape index (κ2) is 7.36. The molecular weight excluding hydrogens is 302 g/mol. The minimum Gasteiger partial charge on any atom is -0.478 e. The number of hydrogen-bond acceptors (Lipinski definition) is 4. The first-order valence-electron chi connectivity index (χ1n) is 8.91. The van der Waals surface area contributed by atoms with Gasteiger partial charge in [-0.1, -0.05) is 6.07 Å². The topological polar surface area (TPSA) is 39.5 Å². The van der Waals surface area contributed by atoms with Crippen molar-refractivity contribution in [3.8, 4) is 5.88 Å². The SMILES string of the molecule is c1ccc(OCCC2CN(C3CCOCC3)Cc3cccn32)nc1. The van der Waals surface area contributed by atoms with Crippen LogP contribution < -0.4 is 4.74 Å². The van der Waals surface area contributed by atoms with E-state index in [9.17, 15) is 0 Å². The van der Waals surface area contributed by atoms with Gasteiger partial charge in [-0.05, 0) is 31.0 Å². The fraction of sp³-hybridized carbons (Fsp3) is 0.526. The maximum atomic E-state index is 5.82. The van der Waals surface area contributed by atoms with Crippen molar-refractivity contribution in [2.75, 3.05) is 26.4 Å². The van der Waals surface area contributed by atoms with Crippen molar-refractivity contribution >= 4 is 0 Å². The Labute approximate surface area is 143 Å². The summed E-state index contributed by atoms with van der Waals surface area (Å²) in [5, 5.41) is 0. The molecule has 4 heterocycles. The standard InChI is InChI=1S/C19H25N3O2/c1-2-9-20-19(5-1)24-13-8-18-15-21(16-6-11-23-12-7-16)14-17-4-3-10-22(17)18/h1-5,9-10,16,18H,6-8,11-15H2. The lowest BCUT2D eigenvalue weighted by atomic mass is 10.0. The monoisotopic (exact) mass is 327 g/mol. The smallest absolute Gasteiger partial charge is 0.213 e. The van der Waals surface area contributed by atoms with Crippen molar-refractivity contribution in [1.82, 2.24) is 14.5 Å². The molecule has 2 aromatic rings. The normalized spacial score (nSPS) is 22.2. The van der Waals surface area contributed by atoms with E-state index in [4.69, 9.17) is 9.47 Å². The Hall–Kier alpha value is -1.85. The van der Waals surface area contributed by atoms with Gasteiger partial charge in [0, 0.05) is 69.0 Å². The number of ether oxygens (including phenoxy) is 2. The summed E-state index contributed by atoms with van der Waals surface area (Å²) < 4.78 is 13.8. The molecule has 5 nitrogen and oxygen atoms in total. The number of fused-ring (bicyclic) bond motifs is 1. The van der Waals surface area contributed by atoms with E-state index in [1.54, 1.807) is 6.20 Å². The number of aromatic nitrogens is 2. The molecule has 1 atom stereocenters. The fourth-order valence-corrected chi connectivity index (χ4v) is 3.84. The number of pyridine rings is 1. The molecule has 0 bridgehead atoms. The van der Waals surface area contributed by atoms with Crippen LogP contribution in [0.25, 0.3) is 0 Å². The van der Waals surface area contributed by atoms with Gasteiger partial charge in [0.05, 0.1) is 6.61 Å². The number of nitrogens with zero attached hydrogens (tertiary/aromatic N) is 3. The molecule has 0 radical (unpaired) electrons. The van der Waals surface area contributed by atoms with Crippen molar-refractivity contribution in [3.63, 3.8) is 0 Å². The van der Waals surface area contributed by atoms with Gasteiger partial charge in [0.2, 0.25) is 5.88 Å². The van der Waals surface area contributed by atoms with Gasteiger partial charge in [0.1, 0.15) is 0 Å². The fourth-order valence-electron chi connectivity index (χ4n) is 3.84. The third-order valence-corrected chi connectivity index (χ3v) is 5.12. The minimum absolute atomic E-state index is 0.468. The first kappa shape index (κ1) is 15.7. The van der Waals surface area contributed by atoms with Crippen LogP contribution >= 0.6 is 0 Å². The van der Waals surface area contributed by atoms with Gasteiger partial charge in [-0.2, -0.15) is 0 Å². The second-order valence-corrected chi connectivity index (χ2v) is 6.64. The zero-order valence-corrected chi connectivity index (χ0v) is 14.0. The Morgan fingerprint density at radius 2 is 2.08 bits per heavy atom. The highest BCUT2D eigenvalue weighted by molar-refractivity contribution is 5.12. The summed E-state index contributed by atoms with van der Waals surface area (Å²) in [7, 11) is 0. The lowest BCUT2D eigenvalue weighted by molar-refractivity contribution is 0.0163. The third-order valence-electron chi connectivity index (χ3n) is 5.12. The van der Waals surface area contributed by atoms with Crippen molar-refractivity contribution in [3.05, 3.63) is 48.4 Å². The van der Waals surface area contributed by atoms with Crippen molar-refractivity contribution in [2.45, 2.75) is 37.9 Å². The van der Waals surface area contributed by atoms with E-state index in [-0.39, 0.29) is 0 Å². The van der Waals surface area contributed by atoms with Crippen LogP contribution in [0.1, 0.15) is 31.0 Å². The number of rotatable bonds is 5. The summed E-state index contributed by atoms with van der Waals surface area (Å²) in [6.45, 7) is 4.64. The van der Waals surface area contributed by atoms with E-state index in [1.807, 2.05) is 18.2 Å². The lowest BCUT2D eigenvalue weighted by Gasteiger charge is -2.41. The molecule has 2 aliphatic rings. The zero-order valence-electron chi connectivity index (χ0n) is 14.0. The van der Waals surface area contributed by atoms with Crippen LogP contribution in [0.3, 0.4) is 0 Å². The maximum absolute atomic E-state index is 5.82. The molecule has 0 amide bonds. The Bertz CT molecular complexity index is 637.